The van der Waals surface area contributed by atoms with Gasteiger partial charge < -0.3 is 10.0 Å². The summed E-state index contributed by atoms with van der Waals surface area (Å²) in [5.41, 5.74) is 2.30. The second-order valence-corrected chi connectivity index (χ2v) is 16.9. The average Bonchev–Trinajstić information content (AvgIpc) is 3.17. The summed E-state index contributed by atoms with van der Waals surface area (Å²) in [6.07, 6.45) is 8.27. The number of fused-ring (bicyclic) bond motifs is 5. The fourth-order valence-corrected chi connectivity index (χ4v) is 10.3. The predicted octanol–water partition coefficient (Wildman–Crippen LogP) is 5.54. The van der Waals surface area contributed by atoms with Gasteiger partial charge in [-0.05, 0) is 113 Å². The van der Waals surface area contributed by atoms with Crippen LogP contribution in [0.4, 0.5) is 5.69 Å². The minimum Gasteiger partial charge on any atom is -0.377 e. The highest BCUT2D eigenvalue weighted by molar-refractivity contribution is 7.91. The van der Waals surface area contributed by atoms with Crippen LogP contribution >= 0.6 is 0 Å². The van der Waals surface area contributed by atoms with E-state index in [1.54, 1.807) is 0 Å². The number of ketones is 1. The molecule has 0 bridgehead atoms. The molecule has 5 aliphatic rings. The monoisotopic (exact) mass is 563 g/mol. The van der Waals surface area contributed by atoms with Crippen molar-refractivity contribution in [2.75, 3.05) is 29.5 Å². The molecular weight excluding hydrogens is 518 g/mol. The molecule has 6 heteroatoms. The summed E-state index contributed by atoms with van der Waals surface area (Å²) in [6.45, 7) is 9.71. The van der Waals surface area contributed by atoms with Crippen molar-refractivity contribution in [3.8, 4) is 11.8 Å². The smallest absolute Gasteiger partial charge is 0.155 e. The van der Waals surface area contributed by atoms with Crippen molar-refractivity contribution >= 4 is 21.3 Å². The van der Waals surface area contributed by atoms with E-state index in [0.29, 0.717) is 43.2 Å². The zero-order valence-corrected chi connectivity index (χ0v) is 25.4. The van der Waals surface area contributed by atoms with Crippen molar-refractivity contribution in [1.82, 2.24) is 0 Å². The lowest BCUT2D eigenvalue weighted by atomic mass is 9.46. The van der Waals surface area contributed by atoms with Crippen LogP contribution in [-0.4, -0.2) is 49.5 Å². The van der Waals surface area contributed by atoms with E-state index in [1.807, 2.05) is 6.08 Å². The Morgan fingerprint density at radius 1 is 1.00 bits per heavy atom. The number of anilines is 1. The lowest BCUT2D eigenvalue weighted by Crippen LogP contribution is -2.54. The van der Waals surface area contributed by atoms with Crippen LogP contribution in [0.3, 0.4) is 0 Å². The van der Waals surface area contributed by atoms with Crippen LogP contribution < -0.4 is 4.90 Å². The number of carbonyl (C=O) groups excluding carboxylic acids is 1. The van der Waals surface area contributed by atoms with Crippen LogP contribution in [0.2, 0.25) is 0 Å². The summed E-state index contributed by atoms with van der Waals surface area (Å²) >= 11 is 0. The van der Waals surface area contributed by atoms with Gasteiger partial charge in [-0.25, -0.2) is 8.42 Å². The Bertz CT molecular complexity index is 1360. The molecule has 1 saturated heterocycles. The van der Waals surface area contributed by atoms with Crippen molar-refractivity contribution in [2.24, 2.45) is 34.5 Å². The molecule has 6 rings (SSSR count). The van der Waals surface area contributed by atoms with Crippen molar-refractivity contribution in [1.29, 1.82) is 0 Å². The maximum Gasteiger partial charge on any atom is 0.155 e. The third-order valence-corrected chi connectivity index (χ3v) is 12.7. The van der Waals surface area contributed by atoms with Crippen molar-refractivity contribution in [3.05, 3.63) is 41.5 Å². The fourth-order valence-electron chi connectivity index (χ4n) is 9.05. The molecule has 1 N–H and O–H groups in total. The van der Waals surface area contributed by atoms with E-state index < -0.39 is 15.4 Å². The normalized spacial score (nSPS) is 38.8. The zero-order valence-electron chi connectivity index (χ0n) is 24.6. The highest BCUT2D eigenvalue weighted by atomic mass is 32.2. The molecule has 1 heterocycles. The van der Waals surface area contributed by atoms with E-state index >= 15 is 0 Å². The number of hydrogen-bond donors (Lipinski definition) is 1. The number of sulfone groups is 1. The Hall–Kier alpha value is -2.10. The van der Waals surface area contributed by atoms with Crippen LogP contribution in [0.25, 0.3) is 0 Å². The highest BCUT2D eigenvalue weighted by Gasteiger charge is 2.64. The summed E-state index contributed by atoms with van der Waals surface area (Å²) in [7, 11) is -2.92. The standard InChI is InChI=1S/C34H45NO4S/c1-32(2,3)15-16-34(37)14-13-30-28-11-7-24-21-26(36)10-12-27(24)31(28)29(22-33(30,34)4)23-5-8-25(9-6-23)35-17-19-40(38,39)20-18-35/h5-6,8-9,21,27-31,37H,7,10-14,17-20,22H2,1-4H3/t27-,28-,29+,30-,31+,33-,34+/m0/s1. The third kappa shape index (κ3) is 4.86. The van der Waals surface area contributed by atoms with Gasteiger partial charge in [-0.3, -0.25) is 4.79 Å². The van der Waals surface area contributed by atoms with Crippen LogP contribution in [0, 0.1) is 46.3 Å². The van der Waals surface area contributed by atoms with Crippen LogP contribution in [-0.2, 0) is 14.6 Å². The van der Waals surface area contributed by atoms with Gasteiger partial charge in [0.1, 0.15) is 5.60 Å². The van der Waals surface area contributed by atoms with Gasteiger partial charge in [0.2, 0.25) is 0 Å². The molecule has 1 aromatic carbocycles. The Morgan fingerprint density at radius 2 is 1.70 bits per heavy atom. The molecule has 4 aliphatic carbocycles. The van der Waals surface area contributed by atoms with Gasteiger partial charge in [0.05, 0.1) is 11.5 Å². The van der Waals surface area contributed by atoms with Crippen molar-refractivity contribution in [2.45, 2.75) is 84.2 Å². The molecule has 216 valence electrons. The number of hydrogen-bond acceptors (Lipinski definition) is 5. The molecule has 0 unspecified atom stereocenters. The lowest BCUT2D eigenvalue weighted by molar-refractivity contribution is -0.117. The summed E-state index contributed by atoms with van der Waals surface area (Å²) in [6, 6.07) is 8.84. The van der Waals surface area contributed by atoms with E-state index in [0.717, 1.165) is 44.2 Å². The highest BCUT2D eigenvalue weighted by Crippen LogP contribution is 2.68. The molecule has 0 amide bonds. The van der Waals surface area contributed by atoms with Gasteiger partial charge in [0.25, 0.3) is 0 Å². The van der Waals surface area contributed by atoms with E-state index in [1.165, 1.54) is 11.1 Å². The molecule has 7 atom stereocenters. The van der Waals surface area contributed by atoms with E-state index in [4.69, 9.17) is 0 Å². The third-order valence-electron chi connectivity index (χ3n) is 11.1. The summed E-state index contributed by atoms with van der Waals surface area (Å²) in [4.78, 5) is 14.5. The van der Waals surface area contributed by atoms with Crippen molar-refractivity contribution < 1.29 is 18.3 Å². The van der Waals surface area contributed by atoms with Gasteiger partial charge in [-0.1, -0.05) is 36.5 Å². The predicted molar refractivity (Wildman–Crippen MR) is 160 cm³/mol. The quantitative estimate of drug-likeness (QED) is 0.479. The molecule has 0 spiro atoms. The van der Waals surface area contributed by atoms with Gasteiger partial charge in [0, 0.05) is 36.0 Å². The minimum atomic E-state index is -2.92. The second-order valence-electron chi connectivity index (χ2n) is 14.6. The molecular formula is C34H45NO4S. The second kappa shape index (κ2) is 9.73. The number of nitrogens with zero attached hydrogens (tertiary/aromatic N) is 1. The Labute approximate surface area is 240 Å². The molecule has 3 saturated carbocycles. The fraction of sp³-hybridized carbons (Fsp3) is 0.676. The first-order valence-electron chi connectivity index (χ1n) is 15.3. The Kier molecular flexibility index (Phi) is 6.82. The number of aliphatic hydroxyl groups is 1. The molecule has 1 aromatic rings. The maximum absolute atomic E-state index is 12.4. The average molecular weight is 564 g/mol. The van der Waals surface area contributed by atoms with Gasteiger partial charge in [0.15, 0.2) is 15.6 Å². The van der Waals surface area contributed by atoms with Crippen LogP contribution in [0.5, 0.6) is 0 Å². The molecule has 1 aliphatic heterocycles. The first kappa shape index (κ1) is 28.0. The number of carbonyl (C=O) groups is 1. The first-order valence-corrected chi connectivity index (χ1v) is 17.2. The van der Waals surface area contributed by atoms with E-state index in [-0.39, 0.29) is 34.0 Å². The Balaban J connectivity index is 1.37. The summed E-state index contributed by atoms with van der Waals surface area (Å²) < 4.78 is 23.9. The number of benzene rings is 1. The topological polar surface area (TPSA) is 74.7 Å². The molecule has 5 nitrogen and oxygen atoms in total. The van der Waals surface area contributed by atoms with Crippen LogP contribution in [0.15, 0.2) is 35.9 Å². The minimum absolute atomic E-state index is 0.163. The maximum atomic E-state index is 12.4. The van der Waals surface area contributed by atoms with Gasteiger partial charge >= 0.3 is 0 Å². The summed E-state index contributed by atoms with van der Waals surface area (Å²) in [5.74, 6) is 9.65. The van der Waals surface area contributed by atoms with E-state index in [9.17, 15) is 18.3 Å². The molecule has 0 radical (unpaired) electrons. The van der Waals surface area contributed by atoms with E-state index in [2.05, 4.69) is 68.7 Å². The largest absolute Gasteiger partial charge is 0.377 e. The number of rotatable bonds is 2. The number of allylic oxidation sites excluding steroid dienone is 1. The molecule has 40 heavy (non-hydrogen) atoms. The molecule has 4 fully saturated rings. The lowest BCUT2D eigenvalue weighted by Gasteiger charge is -2.58. The van der Waals surface area contributed by atoms with Gasteiger partial charge in [-0.15, -0.1) is 0 Å². The van der Waals surface area contributed by atoms with Crippen LogP contribution in [0.1, 0.15) is 84.1 Å². The molecule has 0 aromatic heterocycles. The summed E-state index contributed by atoms with van der Waals surface area (Å²) in [5, 5.41) is 12.2. The Morgan fingerprint density at radius 3 is 2.38 bits per heavy atom. The zero-order chi connectivity index (χ0) is 28.5. The SMILES string of the molecule is CC(C)(C)C#C[C@]1(O)CC[C@H]2[C@@H]3CCC4=CC(=O)CC[C@@H]4[C@H]3[C@@H](c3ccc(N4CCS(=O)(=O)CC4)cc3)C[C@@]21C. The van der Waals surface area contributed by atoms with Crippen molar-refractivity contribution in [3.63, 3.8) is 0 Å². The van der Waals surface area contributed by atoms with Gasteiger partial charge in [-0.2, -0.15) is 0 Å². The first-order chi connectivity index (χ1) is 18.8.